The number of esters is 1. The SMILES string of the molecule is CCOC(=O)c1c(CSc2nccn2C)nc2cc(C)c(C)cc2c1-c1ccc(C)c(C)c1. The number of benzene rings is 2. The van der Waals surface area contributed by atoms with Gasteiger partial charge in [0.05, 0.1) is 23.4 Å². The van der Waals surface area contributed by atoms with Crippen LogP contribution in [-0.2, 0) is 17.5 Å². The predicted octanol–water partition coefficient (Wildman–Crippen LogP) is 6.34. The zero-order valence-electron chi connectivity index (χ0n) is 20.0. The molecule has 0 radical (unpaired) electrons. The minimum Gasteiger partial charge on any atom is -0.462 e. The zero-order chi connectivity index (χ0) is 23.7. The van der Waals surface area contributed by atoms with Crippen molar-refractivity contribution >= 4 is 28.6 Å². The largest absolute Gasteiger partial charge is 0.462 e. The van der Waals surface area contributed by atoms with E-state index in [1.165, 1.54) is 22.3 Å². The first-order valence-electron chi connectivity index (χ1n) is 11.1. The molecule has 170 valence electrons. The third-order valence-electron chi connectivity index (χ3n) is 6.07. The third kappa shape index (κ3) is 4.53. The summed E-state index contributed by atoms with van der Waals surface area (Å²) in [5.41, 5.74) is 8.76. The van der Waals surface area contributed by atoms with Crippen LogP contribution in [0.1, 0.15) is 45.2 Å². The quantitative estimate of drug-likeness (QED) is 0.249. The fraction of sp³-hybridized carbons (Fsp3) is 0.296. The lowest BCUT2D eigenvalue weighted by Gasteiger charge is -2.18. The molecule has 2 heterocycles. The van der Waals surface area contributed by atoms with Gasteiger partial charge < -0.3 is 9.30 Å². The second kappa shape index (κ2) is 9.40. The number of carbonyl (C=O) groups is 1. The molecule has 0 aliphatic rings. The van der Waals surface area contributed by atoms with Gasteiger partial charge in [-0.1, -0.05) is 30.0 Å². The molecule has 5 nitrogen and oxygen atoms in total. The number of nitrogens with zero attached hydrogens (tertiary/aromatic N) is 3. The topological polar surface area (TPSA) is 57.0 Å². The molecule has 4 aromatic rings. The van der Waals surface area contributed by atoms with Crippen molar-refractivity contribution in [2.75, 3.05) is 6.61 Å². The third-order valence-corrected chi connectivity index (χ3v) is 7.13. The van der Waals surface area contributed by atoms with E-state index in [4.69, 9.17) is 9.72 Å². The van der Waals surface area contributed by atoms with Gasteiger partial charge >= 0.3 is 5.97 Å². The lowest BCUT2D eigenvalue weighted by Crippen LogP contribution is -2.12. The molecule has 0 bridgehead atoms. The predicted molar refractivity (Wildman–Crippen MR) is 135 cm³/mol. The Bertz CT molecular complexity index is 1360. The number of hydrogen-bond acceptors (Lipinski definition) is 5. The number of ether oxygens (including phenoxy) is 1. The minimum absolute atomic E-state index is 0.308. The number of pyridine rings is 1. The van der Waals surface area contributed by atoms with Gasteiger partial charge in [0.25, 0.3) is 0 Å². The normalized spacial score (nSPS) is 11.2. The number of aryl methyl sites for hydroxylation is 5. The molecule has 0 spiro atoms. The van der Waals surface area contributed by atoms with Crippen LogP contribution >= 0.6 is 11.8 Å². The summed E-state index contributed by atoms with van der Waals surface area (Å²) in [7, 11) is 1.96. The summed E-state index contributed by atoms with van der Waals surface area (Å²) in [6.45, 7) is 10.5. The molecule has 2 aromatic heterocycles. The molecule has 2 aromatic carbocycles. The van der Waals surface area contributed by atoms with Crippen LogP contribution < -0.4 is 0 Å². The summed E-state index contributed by atoms with van der Waals surface area (Å²) in [4.78, 5) is 22.7. The Hall–Kier alpha value is -3.12. The Morgan fingerprint density at radius 3 is 2.42 bits per heavy atom. The number of carbonyl (C=O) groups excluding carboxylic acids is 1. The van der Waals surface area contributed by atoms with Gasteiger partial charge in [0, 0.05) is 36.1 Å². The second-order valence-corrected chi connectivity index (χ2v) is 9.33. The highest BCUT2D eigenvalue weighted by atomic mass is 32.2. The maximum absolute atomic E-state index is 13.3. The van der Waals surface area contributed by atoms with Gasteiger partial charge in [-0.05, 0) is 74.6 Å². The fourth-order valence-electron chi connectivity index (χ4n) is 3.92. The van der Waals surface area contributed by atoms with E-state index in [-0.39, 0.29) is 5.97 Å². The molecule has 6 heteroatoms. The van der Waals surface area contributed by atoms with E-state index in [0.717, 1.165) is 27.2 Å². The molecule has 0 saturated carbocycles. The van der Waals surface area contributed by atoms with Crippen molar-refractivity contribution in [2.45, 2.75) is 45.5 Å². The molecule has 0 fully saturated rings. The Morgan fingerprint density at radius 1 is 1.03 bits per heavy atom. The van der Waals surface area contributed by atoms with E-state index in [0.29, 0.717) is 23.6 Å². The maximum atomic E-state index is 13.3. The van der Waals surface area contributed by atoms with Crippen LogP contribution in [0.3, 0.4) is 0 Å². The van der Waals surface area contributed by atoms with Gasteiger partial charge in [-0.2, -0.15) is 0 Å². The van der Waals surface area contributed by atoms with E-state index in [2.05, 4.69) is 63.0 Å². The number of hydrogen-bond donors (Lipinski definition) is 0. The van der Waals surface area contributed by atoms with E-state index in [1.54, 1.807) is 18.0 Å². The molecule has 0 N–H and O–H groups in total. The summed E-state index contributed by atoms with van der Waals surface area (Å²) < 4.78 is 7.51. The van der Waals surface area contributed by atoms with Crippen molar-refractivity contribution in [1.29, 1.82) is 0 Å². The van der Waals surface area contributed by atoms with E-state index in [9.17, 15) is 4.79 Å². The van der Waals surface area contributed by atoms with Gasteiger partial charge in [-0.3, -0.25) is 4.98 Å². The van der Waals surface area contributed by atoms with Gasteiger partial charge in [-0.25, -0.2) is 9.78 Å². The van der Waals surface area contributed by atoms with Gasteiger partial charge in [-0.15, -0.1) is 0 Å². The van der Waals surface area contributed by atoms with Gasteiger partial charge in [0.15, 0.2) is 5.16 Å². The van der Waals surface area contributed by atoms with Gasteiger partial charge in [0.1, 0.15) is 0 Å². The van der Waals surface area contributed by atoms with Crippen molar-refractivity contribution in [3.63, 3.8) is 0 Å². The average Bonchev–Trinajstić information content (AvgIpc) is 3.19. The lowest BCUT2D eigenvalue weighted by molar-refractivity contribution is 0.0526. The Labute approximate surface area is 199 Å². The molecule has 0 unspecified atom stereocenters. The Kier molecular flexibility index (Phi) is 6.56. The maximum Gasteiger partial charge on any atom is 0.340 e. The Morgan fingerprint density at radius 2 is 1.76 bits per heavy atom. The highest BCUT2D eigenvalue weighted by molar-refractivity contribution is 7.98. The summed E-state index contributed by atoms with van der Waals surface area (Å²) in [6.07, 6.45) is 3.68. The first-order valence-corrected chi connectivity index (χ1v) is 12.1. The lowest BCUT2D eigenvalue weighted by atomic mass is 9.91. The summed E-state index contributed by atoms with van der Waals surface area (Å²) in [5.74, 6) is 0.175. The molecule has 0 saturated heterocycles. The highest BCUT2D eigenvalue weighted by Gasteiger charge is 2.24. The molecular weight excluding hydrogens is 430 g/mol. The summed E-state index contributed by atoms with van der Waals surface area (Å²) in [5, 5.41) is 1.84. The smallest absolute Gasteiger partial charge is 0.340 e. The van der Waals surface area contributed by atoms with Gasteiger partial charge in [0.2, 0.25) is 0 Å². The molecule has 0 amide bonds. The van der Waals surface area contributed by atoms with Crippen molar-refractivity contribution in [3.05, 3.63) is 76.2 Å². The number of aromatic nitrogens is 3. The van der Waals surface area contributed by atoms with Crippen molar-refractivity contribution in [2.24, 2.45) is 7.05 Å². The summed E-state index contributed by atoms with van der Waals surface area (Å²) in [6, 6.07) is 10.6. The zero-order valence-corrected chi connectivity index (χ0v) is 20.8. The van der Waals surface area contributed by atoms with Crippen LogP contribution in [-0.4, -0.2) is 27.1 Å². The number of fused-ring (bicyclic) bond motifs is 1. The molecule has 0 aliphatic carbocycles. The van der Waals surface area contributed by atoms with Crippen LogP contribution in [0.2, 0.25) is 0 Å². The fourth-order valence-corrected chi connectivity index (χ4v) is 4.80. The van der Waals surface area contributed by atoms with E-state index in [1.807, 2.05) is 24.7 Å². The first kappa shape index (κ1) is 23.1. The van der Waals surface area contributed by atoms with Crippen LogP contribution in [0.25, 0.3) is 22.0 Å². The monoisotopic (exact) mass is 459 g/mol. The molecule has 33 heavy (non-hydrogen) atoms. The van der Waals surface area contributed by atoms with Crippen LogP contribution in [0.5, 0.6) is 0 Å². The number of imidazole rings is 1. The van der Waals surface area contributed by atoms with E-state index >= 15 is 0 Å². The van der Waals surface area contributed by atoms with Crippen molar-refractivity contribution in [1.82, 2.24) is 14.5 Å². The second-order valence-electron chi connectivity index (χ2n) is 8.39. The van der Waals surface area contributed by atoms with Crippen LogP contribution in [0.15, 0.2) is 47.9 Å². The minimum atomic E-state index is -0.339. The van der Waals surface area contributed by atoms with Crippen LogP contribution in [0.4, 0.5) is 0 Å². The van der Waals surface area contributed by atoms with Crippen LogP contribution in [0, 0.1) is 27.7 Å². The van der Waals surface area contributed by atoms with Crippen molar-refractivity contribution < 1.29 is 9.53 Å². The van der Waals surface area contributed by atoms with E-state index < -0.39 is 0 Å². The molecule has 4 rings (SSSR count). The first-order chi connectivity index (χ1) is 15.8. The average molecular weight is 460 g/mol. The standard InChI is InChI=1S/C27H29N3O2S/c1-7-32-26(31)25-23(15-33-27-28-10-11-30(27)6)29-22-14-19(5)18(4)13-21(22)24(25)20-9-8-16(2)17(3)12-20/h8-14H,7,15H2,1-6H3. The Balaban J connectivity index is 2.01. The number of thioether (sulfide) groups is 1. The molecular formula is C27H29N3O2S. The number of rotatable bonds is 6. The molecule has 0 atom stereocenters. The molecule has 0 aliphatic heterocycles. The summed E-state index contributed by atoms with van der Waals surface area (Å²) >= 11 is 1.56. The highest BCUT2D eigenvalue weighted by Crippen LogP contribution is 2.37. The van der Waals surface area contributed by atoms with Crippen molar-refractivity contribution in [3.8, 4) is 11.1 Å².